The fourth-order valence-electron chi connectivity index (χ4n) is 4.40. The molecule has 0 fully saturated rings. The summed E-state index contributed by atoms with van der Waals surface area (Å²) in [4.78, 5) is 19.2. The first-order valence-corrected chi connectivity index (χ1v) is 12.6. The molecule has 0 atom stereocenters. The lowest BCUT2D eigenvalue weighted by Crippen LogP contribution is -2.22. The molecule has 0 saturated carbocycles. The molecule has 0 spiro atoms. The Morgan fingerprint density at radius 3 is 2.17 bits per heavy atom. The summed E-state index contributed by atoms with van der Waals surface area (Å²) >= 11 is 0. The minimum Gasteiger partial charge on any atom is -0.505 e. The van der Waals surface area contributed by atoms with E-state index in [4.69, 9.17) is 0 Å². The van der Waals surface area contributed by atoms with Crippen LogP contribution in [0.4, 0.5) is 11.4 Å². The number of aromatic hydroxyl groups is 1. The number of hydrogen-bond acceptors (Lipinski definition) is 6. The summed E-state index contributed by atoms with van der Waals surface area (Å²) in [6.45, 7) is 0.533. The van der Waals surface area contributed by atoms with E-state index >= 15 is 0 Å². The SMILES string of the molecule is CN(Cc1ccccc1)c1cc(N=C2C(=O)C=C(S(=O)(=O)O)c3ccccc32)c2ccccc2c1O. The van der Waals surface area contributed by atoms with Crippen LogP contribution in [-0.2, 0) is 21.5 Å². The van der Waals surface area contributed by atoms with E-state index in [-0.39, 0.29) is 17.0 Å². The Labute approximate surface area is 208 Å². The minimum atomic E-state index is -4.61. The van der Waals surface area contributed by atoms with Crippen molar-refractivity contribution in [2.45, 2.75) is 6.54 Å². The molecular weight excluding hydrogens is 476 g/mol. The highest BCUT2D eigenvalue weighted by molar-refractivity contribution is 7.95. The molecule has 1 aliphatic carbocycles. The number of allylic oxidation sites excluding steroid dienone is 1. The number of carbonyl (C=O) groups excluding carboxylic acids is 1. The molecule has 5 rings (SSSR count). The molecule has 36 heavy (non-hydrogen) atoms. The monoisotopic (exact) mass is 498 g/mol. The van der Waals surface area contributed by atoms with Crippen LogP contribution >= 0.6 is 0 Å². The van der Waals surface area contributed by atoms with Crippen molar-refractivity contribution < 1.29 is 22.9 Å². The van der Waals surface area contributed by atoms with Gasteiger partial charge in [-0.1, -0.05) is 78.9 Å². The maximum absolute atomic E-state index is 13.0. The van der Waals surface area contributed by atoms with Gasteiger partial charge < -0.3 is 10.0 Å². The van der Waals surface area contributed by atoms with Gasteiger partial charge in [-0.25, -0.2) is 4.99 Å². The summed E-state index contributed by atoms with van der Waals surface area (Å²) in [6, 6.07) is 25.1. The predicted octanol–water partition coefficient (Wildman–Crippen LogP) is 5.11. The van der Waals surface area contributed by atoms with Crippen molar-refractivity contribution in [1.29, 1.82) is 0 Å². The van der Waals surface area contributed by atoms with Gasteiger partial charge in [0.05, 0.1) is 11.4 Å². The van der Waals surface area contributed by atoms with Gasteiger partial charge in [0.15, 0.2) is 0 Å². The van der Waals surface area contributed by atoms with E-state index in [1.54, 1.807) is 36.4 Å². The summed E-state index contributed by atoms with van der Waals surface area (Å²) in [5.41, 5.74) is 2.57. The normalized spacial score (nSPS) is 14.6. The van der Waals surface area contributed by atoms with Crippen molar-refractivity contribution in [2.24, 2.45) is 4.99 Å². The average molecular weight is 499 g/mol. The molecule has 2 N–H and O–H groups in total. The highest BCUT2D eigenvalue weighted by atomic mass is 32.2. The smallest absolute Gasteiger partial charge is 0.295 e. The van der Waals surface area contributed by atoms with E-state index in [2.05, 4.69) is 4.99 Å². The Morgan fingerprint density at radius 1 is 0.861 bits per heavy atom. The van der Waals surface area contributed by atoms with Crippen LogP contribution < -0.4 is 4.90 Å². The first-order valence-electron chi connectivity index (χ1n) is 11.2. The third-order valence-electron chi connectivity index (χ3n) is 6.10. The van der Waals surface area contributed by atoms with Gasteiger partial charge >= 0.3 is 0 Å². The van der Waals surface area contributed by atoms with Gasteiger partial charge in [0, 0.05) is 41.6 Å². The Morgan fingerprint density at radius 2 is 1.47 bits per heavy atom. The van der Waals surface area contributed by atoms with Crippen LogP contribution in [0.5, 0.6) is 5.75 Å². The number of nitrogens with zero attached hydrogens (tertiary/aromatic N) is 2. The van der Waals surface area contributed by atoms with E-state index in [0.717, 1.165) is 11.6 Å². The minimum absolute atomic E-state index is 0.0468. The van der Waals surface area contributed by atoms with Crippen molar-refractivity contribution in [2.75, 3.05) is 11.9 Å². The zero-order valence-electron chi connectivity index (χ0n) is 19.3. The summed E-state index contributed by atoms with van der Waals surface area (Å²) in [5.74, 6) is -0.547. The lowest BCUT2D eigenvalue weighted by molar-refractivity contribution is -0.108. The molecule has 0 radical (unpaired) electrons. The van der Waals surface area contributed by atoms with Gasteiger partial charge in [-0.3, -0.25) is 9.35 Å². The molecule has 8 heteroatoms. The molecule has 0 heterocycles. The highest BCUT2D eigenvalue weighted by Crippen LogP contribution is 2.42. The topological polar surface area (TPSA) is 107 Å². The van der Waals surface area contributed by atoms with Crippen LogP contribution in [0.15, 0.2) is 96.0 Å². The summed E-state index contributed by atoms with van der Waals surface area (Å²) in [6.07, 6.45) is 0.890. The van der Waals surface area contributed by atoms with E-state index < -0.39 is 20.8 Å². The van der Waals surface area contributed by atoms with Crippen LogP contribution in [0, 0.1) is 0 Å². The number of aliphatic imine (C=N–C) groups is 1. The molecule has 4 aromatic rings. The number of rotatable bonds is 5. The second kappa shape index (κ2) is 9.07. The molecular formula is C28H22N2O5S. The van der Waals surface area contributed by atoms with Gasteiger partial charge in [0.25, 0.3) is 10.1 Å². The number of anilines is 1. The maximum Gasteiger partial charge on any atom is 0.295 e. The van der Waals surface area contributed by atoms with E-state index in [0.29, 0.717) is 34.3 Å². The Bertz CT molecular complexity index is 1680. The molecule has 7 nitrogen and oxygen atoms in total. The van der Waals surface area contributed by atoms with Gasteiger partial charge in [0.2, 0.25) is 5.78 Å². The predicted molar refractivity (Wildman–Crippen MR) is 141 cm³/mol. The first kappa shape index (κ1) is 23.5. The number of carbonyl (C=O) groups is 1. The fraction of sp³-hybridized carbons (Fsp3) is 0.0714. The third-order valence-corrected chi connectivity index (χ3v) is 6.99. The summed E-state index contributed by atoms with van der Waals surface area (Å²) in [5, 5.41) is 12.3. The standard InChI is InChI=1S/C28H22N2O5S/c1-30(17-18-9-3-2-4-10-18)24-15-23(19-11-5-8-14-22(19)28(24)32)29-27-21-13-7-6-12-20(21)26(16-25(27)31)36(33,34)35/h2-16,32H,17H2,1H3,(H,33,34,35). The highest BCUT2D eigenvalue weighted by Gasteiger charge is 2.30. The van der Waals surface area contributed by atoms with Crippen LogP contribution in [0.1, 0.15) is 16.7 Å². The van der Waals surface area contributed by atoms with Crippen molar-refractivity contribution in [3.63, 3.8) is 0 Å². The molecule has 180 valence electrons. The molecule has 0 saturated heterocycles. The Hall–Kier alpha value is -4.27. The zero-order chi connectivity index (χ0) is 25.4. The number of phenolic OH excluding ortho intramolecular Hbond substituents is 1. The second-order valence-electron chi connectivity index (χ2n) is 8.50. The van der Waals surface area contributed by atoms with Gasteiger partial charge in [-0.05, 0) is 11.6 Å². The molecule has 0 aliphatic heterocycles. The summed E-state index contributed by atoms with van der Waals surface area (Å²) in [7, 11) is -2.75. The van der Waals surface area contributed by atoms with Gasteiger partial charge in [-0.2, -0.15) is 8.42 Å². The molecule has 0 bridgehead atoms. The number of fused-ring (bicyclic) bond motifs is 2. The number of phenols is 1. The quantitative estimate of drug-likeness (QED) is 0.370. The average Bonchev–Trinajstić information content (AvgIpc) is 2.87. The Kier molecular flexibility index (Phi) is 5.91. The van der Waals surface area contributed by atoms with Crippen LogP contribution in [-0.4, -0.2) is 36.6 Å². The largest absolute Gasteiger partial charge is 0.505 e. The lowest BCUT2D eigenvalue weighted by Gasteiger charge is -2.23. The van der Waals surface area contributed by atoms with E-state index in [1.807, 2.05) is 54.4 Å². The van der Waals surface area contributed by atoms with Crippen LogP contribution in [0.3, 0.4) is 0 Å². The molecule has 1 aliphatic rings. The van der Waals surface area contributed by atoms with Crippen LogP contribution in [0.2, 0.25) is 0 Å². The van der Waals surface area contributed by atoms with Crippen molar-refractivity contribution in [3.05, 3.63) is 108 Å². The fourth-order valence-corrected chi connectivity index (χ4v) is 5.12. The molecule has 0 aromatic heterocycles. The molecule has 0 unspecified atom stereocenters. The first-order chi connectivity index (χ1) is 17.2. The van der Waals surface area contributed by atoms with E-state index in [9.17, 15) is 22.9 Å². The van der Waals surface area contributed by atoms with Crippen molar-refractivity contribution in [1.82, 2.24) is 0 Å². The summed E-state index contributed by atoms with van der Waals surface area (Å²) < 4.78 is 33.5. The van der Waals surface area contributed by atoms with Crippen molar-refractivity contribution in [3.8, 4) is 5.75 Å². The maximum atomic E-state index is 13.0. The van der Waals surface area contributed by atoms with Gasteiger partial charge in [0.1, 0.15) is 16.4 Å². The van der Waals surface area contributed by atoms with E-state index in [1.165, 1.54) is 6.07 Å². The number of hydrogen-bond donors (Lipinski definition) is 2. The molecule has 4 aromatic carbocycles. The van der Waals surface area contributed by atoms with Gasteiger partial charge in [-0.15, -0.1) is 0 Å². The molecule has 0 amide bonds. The third kappa shape index (κ3) is 4.28. The Balaban J connectivity index is 1.69. The van der Waals surface area contributed by atoms with Crippen molar-refractivity contribution >= 4 is 48.7 Å². The second-order valence-corrected chi connectivity index (χ2v) is 9.89. The number of ketones is 1. The zero-order valence-corrected chi connectivity index (χ0v) is 20.1. The van der Waals surface area contributed by atoms with Crippen LogP contribution in [0.25, 0.3) is 15.7 Å². The lowest BCUT2D eigenvalue weighted by atomic mass is 9.94. The number of benzene rings is 4.